The maximum absolute atomic E-state index is 14.9. The van der Waals surface area contributed by atoms with Gasteiger partial charge in [-0.25, -0.2) is 18.1 Å². The molecule has 1 aliphatic rings. The molecule has 0 aliphatic heterocycles. The number of benzene rings is 1. The number of anilines is 1. The van der Waals surface area contributed by atoms with Crippen LogP contribution in [0.3, 0.4) is 0 Å². The highest BCUT2D eigenvalue weighted by Crippen LogP contribution is 2.37. The number of hydrogen-bond acceptors (Lipinski definition) is 4. The van der Waals surface area contributed by atoms with Crippen molar-refractivity contribution in [2.75, 3.05) is 5.32 Å². The van der Waals surface area contributed by atoms with Crippen LogP contribution in [-0.2, 0) is 4.79 Å². The normalized spacial score (nSPS) is 18.1. The number of H-pyrrole nitrogens is 1. The fourth-order valence-electron chi connectivity index (χ4n) is 3.71. The predicted octanol–water partition coefficient (Wildman–Crippen LogP) is 3.32. The summed E-state index contributed by atoms with van der Waals surface area (Å²) in [5.41, 5.74) is 1.59. The van der Waals surface area contributed by atoms with Crippen molar-refractivity contribution in [2.45, 2.75) is 19.5 Å². The molecule has 1 amide bonds. The maximum Gasteiger partial charge on any atom is 0.340 e. The number of rotatable bonds is 4. The molecule has 0 saturated heterocycles. The summed E-state index contributed by atoms with van der Waals surface area (Å²) >= 11 is 0. The minimum atomic E-state index is -1.38. The van der Waals surface area contributed by atoms with E-state index in [1.807, 2.05) is 0 Å². The van der Waals surface area contributed by atoms with E-state index >= 15 is 0 Å². The van der Waals surface area contributed by atoms with E-state index in [1.54, 1.807) is 24.4 Å². The number of carbonyl (C=O) groups excluding carboxylic acids is 1. The molecule has 0 radical (unpaired) electrons. The molecule has 152 valence electrons. The number of carboxylic acid groups (broad SMARTS) is 1. The van der Waals surface area contributed by atoms with Crippen LogP contribution in [0.4, 0.5) is 14.6 Å². The van der Waals surface area contributed by atoms with Crippen LogP contribution in [0.25, 0.3) is 27.5 Å². The second-order valence-corrected chi connectivity index (χ2v) is 7.31. The average molecular weight is 411 g/mol. The third-order valence-corrected chi connectivity index (χ3v) is 5.35. The summed E-state index contributed by atoms with van der Waals surface area (Å²) in [6.07, 6.45) is 2.22. The minimum Gasteiger partial charge on any atom is -0.478 e. The Balaban J connectivity index is 1.60. The second-order valence-electron chi connectivity index (χ2n) is 7.31. The molecule has 1 aromatic carbocycles. The largest absolute Gasteiger partial charge is 0.478 e. The topological polar surface area (TPSA) is 112 Å². The highest BCUT2D eigenvalue weighted by Gasteiger charge is 2.43. The zero-order valence-electron chi connectivity index (χ0n) is 15.6. The van der Waals surface area contributed by atoms with Crippen LogP contribution in [-0.4, -0.2) is 43.0 Å². The molecule has 1 aliphatic carbocycles. The molecule has 3 aromatic heterocycles. The Morgan fingerprint density at radius 3 is 2.83 bits per heavy atom. The Morgan fingerprint density at radius 2 is 2.13 bits per heavy atom. The summed E-state index contributed by atoms with van der Waals surface area (Å²) in [5.74, 6) is -2.96. The lowest BCUT2D eigenvalue weighted by molar-refractivity contribution is -0.117. The van der Waals surface area contributed by atoms with E-state index in [-0.39, 0.29) is 23.3 Å². The van der Waals surface area contributed by atoms with Gasteiger partial charge in [0.25, 0.3) is 0 Å². The first kappa shape index (κ1) is 18.2. The smallest absolute Gasteiger partial charge is 0.340 e. The minimum absolute atomic E-state index is 0.104. The first-order valence-corrected chi connectivity index (χ1v) is 9.18. The number of aromatic carboxylic acids is 1. The predicted molar refractivity (Wildman–Crippen MR) is 104 cm³/mol. The van der Waals surface area contributed by atoms with Gasteiger partial charge < -0.3 is 10.4 Å². The summed E-state index contributed by atoms with van der Waals surface area (Å²) in [5, 5.41) is 23.2. The molecular formula is C20H15F2N5O3. The van der Waals surface area contributed by atoms with E-state index in [9.17, 15) is 23.5 Å². The Bertz CT molecular complexity index is 1360. The molecule has 0 bridgehead atoms. The highest BCUT2D eigenvalue weighted by atomic mass is 19.1. The third kappa shape index (κ3) is 2.71. The molecule has 5 rings (SSSR count). The Hall–Kier alpha value is -3.82. The van der Waals surface area contributed by atoms with E-state index in [2.05, 4.69) is 20.6 Å². The number of aromatic amines is 1. The molecule has 0 unspecified atom stereocenters. The summed E-state index contributed by atoms with van der Waals surface area (Å²) in [6.45, 7) is 1.51. The number of halogens is 2. The molecule has 4 aromatic rings. The molecule has 30 heavy (non-hydrogen) atoms. The number of amides is 1. The van der Waals surface area contributed by atoms with Crippen LogP contribution in [0, 0.1) is 18.7 Å². The number of pyridine rings is 1. The van der Waals surface area contributed by atoms with E-state index in [0.717, 1.165) is 0 Å². The maximum atomic E-state index is 14.9. The van der Waals surface area contributed by atoms with Crippen molar-refractivity contribution in [1.29, 1.82) is 0 Å². The van der Waals surface area contributed by atoms with Gasteiger partial charge in [0, 0.05) is 17.6 Å². The molecule has 1 saturated carbocycles. The number of nitrogens with zero attached hydrogens (tertiary/aromatic N) is 3. The van der Waals surface area contributed by atoms with Gasteiger partial charge in [0.1, 0.15) is 17.6 Å². The van der Waals surface area contributed by atoms with E-state index in [1.165, 1.54) is 17.6 Å². The second kappa shape index (κ2) is 6.34. The molecule has 3 N–H and O–H groups in total. The van der Waals surface area contributed by atoms with Gasteiger partial charge in [0.05, 0.1) is 23.1 Å². The molecule has 8 nitrogen and oxygen atoms in total. The van der Waals surface area contributed by atoms with E-state index in [0.29, 0.717) is 22.0 Å². The van der Waals surface area contributed by atoms with Crippen LogP contribution in [0.2, 0.25) is 0 Å². The lowest BCUT2D eigenvalue weighted by atomic mass is 9.94. The molecule has 0 spiro atoms. The van der Waals surface area contributed by atoms with Gasteiger partial charge in [-0.3, -0.25) is 9.89 Å². The molecule has 3 heterocycles. The van der Waals surface area contributed by atoms with Crippen molar-refractivity contribution in [2.24, 2.45) is 5.92 Å². The van der Waals surface area contributed by atoms with Crippen LogP contribution in [0.5, 0.6) is 0 Å². The van der Waals surface area contributed by atoms with Gasteiger partial charge in [0.15, 0.2) is 5.82 Å². The van der Waals surface area contributed by atoms with Gasteiger partial charge in [-0.1, -0.05) is 0 Å². The van der Waals surface area contributed by atoms with Crippen LogP contribution in [0.1, 0.15) is 22.3 Å². The van der Waals surface area contributed by atoms with Gasteiger partial charge in [-0.15, -0.1) is 0 Å². The number of carbonyl (C=O) groups is 2. The van der Waals surface area contributed by atoms with Crippen LogP contribution >= 0.6 is 0 Å². The SMILES string of the molecule is Cc1c(F)c(C(=O)O)c2[nH]ncc2c1-c1ccn2nc(NC(=O)[C@@H]3C[C@@H]3F)cc2c1. The highest BCUT2D eigenvalue weighted by molar-refractivity contribution is 6.08. The molecule has 1 fully saturated rings. The Kier molecular flexibility index (Phi) is 3.85. The van der Waals surface area contributed by atoms with E-state index in [4.69, 9.17) is 0 Å². The van der Waals surface area contributed by atoms with Crippen LogP contribution in [0.15, 0.2) is 30.6 Å². The standard InChI is InChI=1S/C20H15F2N5O3/c1-8-15(12-7-23-25-18(12)16(17(8)22)20(29)30)9-2-3-27-10(4-9)5-14(26-27)24-19(28)11-6-13(11)21/h2-5,7,11,13H,6H2,1H3,(H,23,25)(H,29,30)(H,24,26,28)/t11-,13+/m1/s1. The van der Waals surface area contributed by atoms with Gasteiger partial charge >= 0.3 is 5.97 Å². The first-order valence-electron chi connectivity index (χ1n) is 9.18. The molecular weight excluding hydrogens is 396 g/mol. The summed E-state index contributed by atoms with van der Waals surface area (Å²) in [6, 6.07) is 5.08. The van der Waals surface area contributed by atoms with Gasteiger partial charge in [-0.05, 0) is 42.2 Å². The van der Waals surface area contributed by atoms with Crippen molar-refractivity contribution in [3.63, 3.8) is 0 Å². The molecule has 10 heteroatoms. The number of nitrogens with one attached hydrogen (secondary N) is 2. The number of hydrogen-bond donors (Lipinski definition) is 3. The summed E-state index contributed by atoms with van der Waals surface area (Å²) in [4.78, 5) is 23.5. The van der Waals surface area contributed by atoms with E-state index < -0.39 is 35.3 Å². The van der Waals surface area contributed by atoms with Gasteiger partial charge in [0.2, 0.25) is 5.91 Å². The third-order valence-electron chi connectivity index (χ3n) is 5.35. The fourth-order valence-corrected chi connectivity index (χ4v) is 3.71. The molecule has 2 atom stereocenters. The van der Waals surface area contributed by atoms with Crippen molar-refractivity contribution in [3.8, 4) is 11.1 Å². The summed E-state index contributed by atoms with van der Waals surface area (Å²) < 4.78 is 29.4. The summed E-state index contributed by atoms with van der Waals surface area (Å²) in [7, 11) is 0. The number of fused-ring (bicyclic) bond motifs is 2. The zero-order valence-corrected chi connectivity index (χ0v) is 15.6. The fraction of sp³-hybridized carbons (Fsp3) is 0.200. The van der Waals surface area contributed by atoms with Gasteiger partial charge in [-0.2, -0.15) is 10.2 Å². The lowest BCUT2D eigenvalue weighted by Crippen LogP contribution is -2.15. The Labute approximate surface area is 167 Å². The van der Waals surface area contributed by atoms with Crippen molar-refractivity contribution in [3.05, 3.63) is 47.5 Å². The van der Waals surface area contributed by atoms with Crippen LogP contribution < -0.4 is 5.32 Å². The number of carboxylic acids is 1. The number of alkyl halides is 1. The zero-order chi connectivity index (χ0) is 21.2. The number of aromatic nitrogens is 4. The quantitative estimate of drug-likeness (QED) is 0.477. The monoisotopic (exact) mass is 411 g/mol. The van der Waals surface area contributed by atoms with Crippen molar-refractivity contribution >= 4 is 34.1 Å². The average Bonchev–Trinajstić information content (AvgIpc) is 3.08. The lowest BCUT2D eigenvalue weighted by Gasteiger charge is -2.12. The first-order chi connectivity index (χ1) is 14.3. The van der Waals surface area contributed by atoms with Crippen molar-refractivity contribution in [1.82, 2.24) is 19.8 Å². The Morgan fingerprint density at radius 1 is 1.37 bits per heavy atom. The van der Waals surface area contributed by atoms with Crippen molar-refractivity contribution < 1.29 is 23.5 Å².